The Morgan fingerprint density at radius 1 is 1.62 bits per heavy atom. The summed E-state index contributed by atoms with van der Waals surface area (Å²) in [6, 6.07) is 4.28. The number of alkyl halides is 1. The van der Waals surface area contributed by atoms with Gasteiger partial charge in [-0.25, -0.2) is 14.4 Å². The number of rotatable bonds is 4. The van der Waals surface area contributed by atoms with Crippen LogP contribution in [0.1, 0.15) is 25.9 Å². The van der Waals surface area contributed by atoms with Gasteiger partial charge in [0.25, 0.3) is 5.91 Å². The van der Waals surface area contributed by atoms with Gasteiger partial charge in [-0.3, -0.25) is 9.79 Å². The average Bonchev–Trinajstić information content (AvgIpc) is 2.71. The molecule has 0 radical (unpaired) electrons. The molecule has 3 rings (SSSR count). The van der Waals surface area contributed by atoms with Gasteiger partial charge in [0.1, 0.15) is 30.6 Å². The van der Waals surface area contributed by atoms with Crippen LogP contribution in [0.25, 0.3) is 0 Å². The molecular formula is C17H17ClFN5O2. The van der Waals surface area contributed by atoms with Gasteiger partial charge in [0.15, 0.2) is 5.54 Å². The van der Waals surface area contributed by atoms with Gasteiger partial charge in [0, 0.05) is 7.54 Å². The molecule has 0 saturated carbocycles. The normalized spacial score (nSPS) is 21.3. The van der Waals surface area contributed by atoms with E-state index in [1.54, 1.807) is 12.1 Å². The van der Waals surface area contributed by atoms with Crippen molar-refractivity contribution in [1.29, 1.82) is 0 Å². The third-order valence-electron chi connectivity index (χ3n) is 3.66. The molecule has 0 bridgehead atoms. The molecule has 0 spiro atoms. The van der Waals surface area contributed by atoms with E-state index in [1.807, 2.05) is 0 Å². The number of ether oxygens (including phenoxy) is 1. The van der Waals surface area contributed by atoms with Gasteiger partial charge in [0.2, 0.25) is 0 Å². The molecule has 1 unspecified atom stereocenters. The fourth-order valence-corrected chi connectivity index (χ4v) is 2.61. The minimum atomic E-state index is -1.41. The van der Waals surface area contributed by atoms with E-state index in [4.69, 9.17) is 26.2 Å². The van der Waals surface area contributed by atoms with Gasteiger partial charge in [-0.1, -0.05) is 17.7 Å². The Balaban J connectivity index is 1.94. The molecule has 136 valence electrons. The van der Waals surface area contributed by atoms with Gasteiger partial charge in [-0.15, -0.1) is 0 Å². The molecule has 1 amide bonds. The highest BCUT2D eigenvalue weighted by Crippen LogP contribution is 2.29. The van der Waals surface area contributed by atoms with Crippen molar-refractivity contribution in [3.63, 3.8) is 0 Å². The molecule has 2 aromatic rings. The lowest BCUT2D eigenvalue weighted by Gasteiger charge is -2.30. The van der Waals surface area contributed by atoms with E-state index in [-0.39, 0.29) is 52.9 Å². The molecule has 26 heavy (non-hydrogen) atoms. The number of carbonyl (C=O) groups is 1. The Morgan fingerprint density at radius 2 is 2.46 bits per heavy atom. The zero-order chi connectivity index (χ0) is 21.2. The van der Waals surface area contributed by atoms with E-state index < -0.39 is 31.2 Å². The summed E-state index contributed by atoms with van der Waals surface area (Å²) in [7, 11) is 0. The number of carbonyl (C=O) groups excluding carboxylic acids is 1. The predicted molar refractivity (Wildman–Crippen MR) is 96.3 cm³/mol. The smallest absolute Gasteiger partial charge is 0.275 e. The quantitative estimate of drug-likeness (QED) is 0.846. The molecule has 0 aromatic carbocycles. The summed E-state index contributed by atoms with van der Waals surface area (Å²) in [6.45, 7) is -1.27. The maximum atomic E-state index is 13.8. The molecule has 0 fully saturated rings. The maximum Gasteiger partial charge on any atom is 0.275 e. The highest BCUT2D eigenvalue weighted by Gasteiger charge is 2.37. The lowest BCUT2D eigenvalue weighted by molar-refractivity contribution is 0.0807. The van der Waals surface area contributed by atoms with Crippen LogP contribution in [-0.4, -0.2) is 41.6 Å². The zero-order valence-corrected chi connectivity index (χ0v) is 14.3. The minimum absolute atomic E-state index is 0.0158. The van der Waals surface area contributed by atoms with Crippen LogP contribution >= 0.6 is 11.6 Å². The Labute approximate surface area is 158 Å². The van der Waals surface area contributed by atoms with Crippen molar-refractivity contribution in [2.75, 3.05) is 25.2 Å². The monoisotopic (exact) mass is 380 g/mol. The van der Waals surface area contributed by atoms with E-state index in [2.05, 4.69) is 20.3 Å². The van der Waals surface area contributed by atoms with Crippen molar-refractivity contribution in [3.05, 3.63) is 52.4 Å². The maximum absolute atomic E-state index is 13.8. The topological polar surface area (TPSA) is 102 Å². The van der Waals surface area contributed by atoms with Crippen molar-refractivity contribution in [2.45, 2.75) is 12.4 Å². The second-order valence-corrected chi connectivity index (χ2v) is 5.99. The number of anilines is 1. The number of pyridine rings is 2. The molecule has 0 saturated heterocycles. The van der Waals surface area contributed by atoms with E-state index >= 15 is 0 Å². The van der Waals surface area contributed by atoms with Crippen LogP contribution in [0.5, 0.6) is 0 Å². The van der Waals surface area contributed by atoms with Crippen LogP contribution in [0, 0.1) is 6.90 Å². The largest absolute Gasteiger partial charge is 0.385 e. The third kappa shape index (κ3) is 3.66. The van der Waals surface area contributed by atoms with E-state index in [9.17, 15) is 9.18 Å². The van der Waals surface area contributed by atoms with Crippen LogP contribution in [0.3, 0.4) is 0 Å². The van der Waals surface area contributed by atoms with Gasteiger partial charge in [-0.05, 0) is 30.6 Å². The van der Waals surface area contributed by atoms with Crippen molar-refractivity contribution < 1.29 is 18.0 Å². The molecule has 1 aliphatic heterocycles. The Morgan fingerprint density at radius 3 is 3.19 bits per heavy atom. The van der Waals surface area contributed by atoms with E-state index in [0.717, 1.165) is 0 Å². The standard InChI is InChI=1S/C17H17ClFN5O2/c1-10-5-11(18)6-21-15(10)16(25)23-14-4-2-3-12(22-14)17(8-19)9-26-7-13(20)24-17/h2-6H,7-9H2,1H3,(H2,20,24)(H,22,23,25)/i1D,5D,6D. The fourth-order valence-electron chi connectivity index (χ4n) is 2.45. The number of aliphatic imine (C=N–C) groups is 1. The first kappa shape index (κ1) is 14.6. The van der Waals surface area contributed by atoms with E-state index in [1.165, 1.54) is 6.07 Å². The molecule has 3 heterocycles. The second kappa shape index (κ2) is 7.35. The van der Waals surface area contributed by atoms with Crippen LogP contribution < -0.4 is 11.1 Å². The molecular weight excluding hydrogens is 361 g/mol. The summed E-state index contributed by atoms with van der Waals surface area (Å²) in [5, 5.41) is 2.26. The number of amides is 1. The molecule has 9 heteroatoms. The molecule has 0 aliphatic carbocycles. The van der Waals surface area contributed by atoms with Crippen LogP contribution in [0.15, 0.2) is 35.4 Å². The second-order valence-electron chi connectivity index (χ2n) is 5.61. The number of nitrogens with one attached hydrogen (secondary N) is 1. The van der Waals surface area contributed by atoms with Crippen LogP contribution in [0.4, 0.5) is 10.2 Å². The highest BCUT2D eigenvalue weighted by molar-refractivity contribution is 6.30. The number of aromatic nitrogens is 2. The molecule has 1 atom stereocenters. The minimum Gasteiger partial charge on any atom is -0.385 e. The van der Waals surface area contributed by atoms with Gasteiger partial charge >= 0.3 is 0 Å². The molecule has 2 aromatic heterocycles. The SMILES string of the molecule is [2H]Cc1c(C(=O)Nc2cccc(C3(CF)COCC(N)=N3)n2)nc([2H])c(Cl)c1[2H]. The average molecular weight is 381 g/mol. The Bertz CT molecular complexity index is 994. The van der Waals surface area contributed by atoms with Crippen molar-refractivity contribution in [1.82, 2.24) is 9.97 Å². The lowest BCUT2D eigenvalue weighted by Crippen LogP contribution is -2.42. The summed E-state index contributed by atoms with van der Waals surface area (Å²) in [5.41, 5.74) is 4.20. The zero-order valence-electron chi connectivity index (χ0n) is 16.6. The van der Waals surface area contributed by atoms with Crippen molar-refractivity contribution >= 4 is 29.2 Å². The Kier molecular flexibility index (Phi) is 4.12. The van der Waals surface area contributed by atoms with Crippen molar-refractivity contribution in [3.8, 4) is 0 Å². The van der Waals surface area contributed by atoms with Gasteiger partial charge < -0.3 is 15.8 Å². The molecule has 7 nitrogen and oxygen atoms in total. The number of halogens is 2. The summed E-state index contributed by atoms with van der Waals surface area (Å²) in [5.74, 6) is -0.556. The first-order valence-corrected chi connectivity index (χ1v) is 7.90. The van der Waals surface area contributed by atoms with Crippen molar-refractivity contribution in [2.24, 2.45) is 10.7 Å². The summed E-state index contributed by atoms with van der Waals surface area (Å²) < 4.78 is 42.2. The lowest BCUT2D eigenvalue weighted by atomic mass is 9.97. The molecule has 3 N–H and O–H groups in total. The number of amidine groups is 1. The predicted octanol–water partition coefficient (Wildman–Crippen LogP) is 2.24. The van der Waals surface area contributed by atoms with Gasteiger partial charge in [-0.2, -0.15) is 0 Å². The first-order valence-electron chi connectivity index (χ1n) is 9.23. The molecule has 1 aliphatic rings. The van der Waals surface area contributed by atoms with Gasteiger partial charge in [0.05, 0.1) is 20.1 Å². The summed E-state index contributed by atoms with van der Waals surface area (Å²) >= 11 is 5.81. The van der Waals surface area contributed by atoms with Crippen LogP contribution in [-0.2, 0) is 10.3 Å². The highest BCUT2D eigenvalue weighted by atomic mass is 35.5. The van der Waals surface area contributed by atoms with E-state index in [0.29, 0.717) is 0 Å². The number of hydrogen-bond acceptors (Lipinski definition) is 6. The number of hydrogen-bond donors (Lipinski definition) is 2. The number of nitrogens with zero attached hydrogens (tertiary/aromatic N) is 3. The van der Waals surface area contributed by atoms with Crippen LogP contribution in [0.2, 0.25) is 5.02 Å². The fraction of sp³-hybridized carbons (Fsp3) is 0.294. The first-order chi connectivity index (χ1) is 13.8. The summed E-state index contributed by atoms with van der Waals surface area (Å²) in [4.78, 5) is 24.8. The Hall–Kier alpha value is -2.58. The number of nitrogens with two attached hydrogens (primary N) is 1. The summed E-state index contributed by atoms with van der Waals surface area (Å²) in [6.07, 6.45) is -0.443. The third-order valence-corrected chi connectivity index (χ3v) is 3.84.